The summed E-state index contributed by atoms with van der Waals surface area (Å²) in [5, 5.41) is 10.1. The maximum absolute atomic E-state index is 11.7. The average molecular weight is 302 g/mol. The second-order valence-electron chi connectivity index (χ2n) is 5.09. The van der Waals surface area contributed by atoms with Crippen molar-refractivity contribution in [3.8, 4) is 0 Å². The summed E-state index contributed by atoms with van der Waals surface area (Å²) in [5.74, 6) is 1.71. The maximum atomic E-state index is 11.7. The molecule has 2 N–H and O–H groups in total. The van der Waals surface area contributed by atoms with E-state index < -0.39 is 0 Å². The molecule has 1 saturated carbocycles. The van der Waals surface area contributed by atoms with Crippen molar-refractivity contribution in [3.63, 3.8) is 0 Å². The molecule has 1 amide bonds. The molecule has 0 aromatic carbocycles. The highest BCUT2D eigenvalue weighted by Gasteiger charge is 2.20. The normalized spacial score (nSPS) is 13.9. The lowest BCUT2D eigenvalue weighted by molar-refractivity contribution is -0.120. The van der Waals surface area contributed by atoms with Crippen molar-refractivity contribution < 1.29 is 9.32 Å². The van der Waals surface area contributed by atoms with Crippen LogP contribution in [0.3, 0.4) is 0 Å². The summed E-state index contributed by atoms with van der Waals surface area (Å²) >= 11 is 0. The van der Waals surface area contributed by atoms with Gasteiger partial charge in [0.15, 0.2) is 0 Å². The zero-order valence-corrected chi connectivity index (χ0v) is 13.0. The van der Waals surface area contributed by atoms with Crippen LogP contribution < -0.4 is 10.6 Å². The maximum Gasteiger partial charge on any atom is 0.234 e. The van der Waals surface area contributed by atoms with Crippen LogP contribution in [0.25, 0.3) is 0 Å². The molecule has 20 heavy (non-hydrogen) atoms. The molecule has 0 saturated heterocycles. The fourth-order valence-electron chi connectivity index (χ4n) is 2.10. The van der Waals surface area contributed by atoms with Gasteiger partial charge in [0, 0.05) is 18.5 Å². The van der Waals surface area contributed by atoms with Gasteiger partial charge < -0.3 is 15.2 Å². The van der Waals surface area contributed by atoms with E-state index in [9.17, 15) is 4.79 Å². The minimum Gasteiger partial charge on any atom is -0.361 e. The first-order valence-electron chi connectivity index (χ1n) is 7.18. The van der Waals surface area contributed by atoms with Crippen LogP contribution in [0.4, 0.5) is 0 Å². The second kappa shape index (κ2) is 8.27. The number of nitrogens with one attached hydrogen (secondary N) is 2. The Labute approximate surface area is 126 Å². The molecule has 0 unspecified atom stereocenters. The molecule has 1 aromatic rings. The van der Waals surface area contributed by atoms with Crippen LogP contribution in [0.5, 0.6) is 0 Å². The Kier molecular flexibility index (Phi) is 7.02. The van der Waals surface area contributed by atoms with Crippen LogP contribution in [0.1, 0.15) is 43.7 Å². The third-order valence-electron chi connectivity index (χ3n) is 3.48. The largest absolute Gasteiger partial charge is 0.361 e. The lowest BCUT2D eigenvalue weighted by Gasteiger charge is -2.07. The van der Waals surface area contributed by atoms with Gasteiger partial charge in [-0.25, -0.2) is 0 Å². The number of hydrogen-bond acceptors (Lipinski definition) is 4. The van der Waals surface area contributed by atoms with Gasteiger partial charge in [-0.1, -0.05) is 19.0 Å². The number of aromatic nitrogens is 1. The van der Waals surface area contributed by atoms with Gasteiger partial charge in [0.05, 0.1) is 12.2 Å². The summed E-state index contributed by atoms with van der Waals surface area (Å²) in [6.07, 6.45) is 4.23. The van der Waals surface area contributed by atoms with Crippen LogP contribution in [0.15, 0.2) is 4.52 Å². The van der Waals surface area contributed by atoms with E-state index in [-0.39, 0.29) is 18.3 Å². The van der Waals surface area contributed by atoms with Gasteiger partial charge in [-0.2, -0.15) is 0 Å². The molecule has 5 nitrogen and oxygen atoms in total. The summed E-state index contributed by atoms with van der Waals surface area (Å²) < 4.78 is 5.27. The third kappa shape index (κ3) is 4.80. The lowest BCUT2D eigenvalue weighted by atomic mass is 10.1. The predicted octanol–water partition coefficient (Wildman–Crippen LogP) is 1.84. The standard InChI is InChI=1S/C14H23N3O2.ClH/c1-3-12-11(13(4-2)19-17-12)8-16-14(18)9-15-7-10-5-6-10;/h10,15H,3-9H2,1-2H3,(H,16,18);1H. The molecule has 6 heteroatoms. The molecule has 1 aliphatic carbocycles. The molecule has 1 heterocycles. The Balaban J connectivity index is 0.00000200. The molecule has 1 fully saturated rings. The van der Waals surface area contributed by atoms with E-state index in [1.807, 2.05) is 13.8 Å². The highest BCUT2D eigenvalue weighted by molar-refractivity contribution is 5.85. The topological polar surface area (TPSA) is 67.2 Å². The van der Waals surface area contributed by atoms with Crippen molar-refractivity contribution in [2.24, 2.45) is 5.92 Å². The first kappa shape index (κ1) is 17.0. The van der Waals surface area contributed by atoms with Gasteiger partial charge in [-0.05, 0) is 31.7 Å². The average Bonchev–Trinajstić information content (AvgIpc) is 3.15. The van der Waals surface area contributed by atoms with E-state index in [2.05, 4.69) is 15.8 Å². The van der Waals surface area contributed by atoms with Crippen molar-refractivity contribution in [3.05, 3.63) is 17.0 Å². The Morgan fingerprint density at radius 1 is 1.35 bits per heavy atom. The van der Waals surface area contributed by atoms with Crippen LogP contribution in [-0.2, 0) is 24.2 Å². The molecule has 0 atom stereocenters. The summed E-state index contributed by atoms with van der Waals surface area (Å²) in [7, 11) is 0. The predicted molar refractivity (Wildman–Crippen MR) is 79.9 cm³/mol. The number of hydrogen-bond donors (Lipinski definition) is 2. The zero-order valence-electron chi connectivity index (χ0n) is 12.2. The number of halogens is 1. The van der Waals surface area contributed by atoms with Gasteiger partial charge in [-0.3, -0.25) is 4.79 Å². The van der Waals surface area contributed by atoms with Gasteiger partial charge in [0.1, 0.15) is 5.76 Å². The van der Waals surface area contributed by atoms with E-state index in [0.29, 0.717) is 13.1 Å². The number of rotatable bonds is 8. The molecule has 1 aromatic heterocycles. The van der Waals surface area contributed by atoms with Gasteiger partial charge in [0.25, 0.3) is 0 Å². The molecule has 0 spiro atoms. The molecule has 114 valence electrons. The van der Waals surface area contributed by atoms with Gasteiger partial charge in [-0.15, -0.1) is 12.4 Å². The van der Waals surface area contributed by atoms with E-state index in [1.165, 1.54) is 12.8 Å². The van der Waals surface area contributed by atoms with Gasteiger partial charge in [0.2, 0.25) is 5.91 Å². The Morgan fingerprint density at radius 2 is 2.10 bits per heavy atom. The number of carbonyl (C=O) groups excluding carboxylic acids is 1. The second-order valence-corrected chi connectivity index (χ2v) is 5.09. The van der Waals surface area contributed by atoms with Crippen LogP contribution in [-0.4, -0.2) is 24.2 Å². The highest BCUT2D eigenvalue weighted by Crippen LogP contribution is 2.27. The van der Waals surface area contributed by atoms with Crippen molar-refractivity contribution in [1.82, 2.24) is 15.8 Å². The third-order valence-corrected chi connectivity index (χ3v) is 3.48. The molecule has 1 aliphatic rings. The van der Waals surface area contributed by atoms with Crippen molar-refractivity contribution in [2.75, 3.05) is 13.1 Å². The Morgan fingerprint density at radius 3 is 2.70 bits per heavy atom. The van der Waals surface area contributed by atoms with Crippen molar-refractivity contribution in [1.29, 1.82) is 0 Å². The number of aryl methyl sites for hydroxylation is 2. The van der Waals surface area contributed by atoms with E-state index >= 15 is 0 Å². The van der Waals surface area contributed by atoms with E-state index in [1.54, 1.807) is 0 Å². The SMILES string of the molecule is CCc1noc(CC)c1CNC(=O)CNCC1CC1.Cl. The smallest absolute Gasteiger partial charge is 0.234 e. The van der Waals surface area contributed by atoms with Crippen LogP contribution >= 0.6 is 12.4 Å². The quantitative estimate of drug-likeness (QED) is 0.769. The van der Waals surface area contributed by atoms with E-state index in [0.717, 1.165) is 42.3 Å². The Hall–Kier alpha value is -1.07. The number of amides is 1. The Bertz CT molecular complexity index is 409. The highest BCUT2D eigenvalue weighted by atomic mass is 35.5. The molecule has 0 bridgehead atoms. The number of nitrogens with zero attached hydrogens (tertiary/aromatic N) is 1. The first-order valence-corrected chi connectivity index (χ1v) is 7.18. The molecular weight excluding hydrogens is 278 g/mol. The molecule has 0 aliphatic heterocycles. The summed E-state index contributed by atoms with van der Waals surface area (Å²) in [6, 6.07) is 0. The lowest BCUT2D eigenvalue weighted by Crippen LogP contribution is -2.34. The first-order chi connectivity index (χ1) is 9.24. The summed E-state index contributed by atoms with van der Waals surface area (Å²) in [5.41, 5.74) is 1.99. The van der Waals surface area contributed by atoms with Crippen molar-refractivity contribution >= 4 is 18.3 Å². The monoisotopic (exact) mass is 301 g/mol. The molecular formula is C14H24ClN3O2. The zero-order chi connectivity index (χ0) is 13.7. The number of carbonyl (C=O) groups is 1. The summed E-state index contributed by atoms with van der Waals surface area (Å²) in [6.45, 7) is 5.94. The fourth-order valence-corrected chi connectivity index (χ4v) is 2.10. The summed E-state index contributed by atoms with van der Waals surface area (Å²) in [4.78, 5) is 11.7. The van der Waals surface area contributed by atoms with Crippen molar-refractivity contribution in [2.45, 2.75) is 46.1 Å². The fraction of sp³-hybridized carbons (Fsp3) is 0.714. The van der Waals surface area contributed by atoms with Crippen LogP contribution in [0, 0.1) is 5.92 Å². The molecule has 0 radical (unpaired) electrons. The molecule has 2 rings (SSSR count). The minimum atomic E-state index is 0. The van der Waals surface area contributed by atoms with E-state index in [4.69, 9.17) is 4.52 Å². The minimum absolute atomic E-state index is 0. The van der Waals surface area contributed by atoms with Gasteiger partial charge >= 0.3 is 0 Å². The van der Waals surface area contributed by atoms with Crippen LogP contribution in [0.2, 0.25) is 0 Å².